The van der Waals surface area contributed by atoms with Crippen LogP contribution in [0.25, 0.3) is 122 Å². The highest BCUT2D eigenvalue weighted by Crippen LogP contribution is 2.43. The first-order valence-electron chi connectivity index (χ1n) is 21.7. The van der Waals surface area contributed by atoms with E-state index in [1.54, 1.807) is 0 Å². The Morgan fingerprint density at radius 3 is 1.58 bits per heavy atom. The molecule has 298 valence electrons. The van der Waals surface area contributed by atoms with E-state index in [0.717, 1.165) is 55.4 Å². The Bertz CT molecular complexity index is 3870. The summed E-state index contributed by atoms with van der Waals surface area (Å²) in [7, 11) is 0. The van der Waals surface area contributed by atoms with E-state index in [1.807, 2.05) is 36.4 Å². The first-order valence-corrected chi connectivity index (χ1v) is 21.7. The minimum Gasteiger partial charge on any atom is -0.309 e. The Kier molecular flexibility index (Phi) is 8.15. The van der Waals surface area contributed by atoms with E-state index < -0.39 is 0 Å². The topological polar surface area (TPSA) is 48.5 Å². The molecule has 10 aromatic carbocycles. The van der Waals surface area contributed by atoms with E-state index in [9.17, 15) is 0 Å². The average Bonchev–Trinajstić information content (AvgIpc) is 3.88. The Labute approximate surface area is 368 Å². The minimum absolute atomic E-state index is 0.634. The van der Waals surface area contributed by atoms with E-state index in [2.05, 4.69) is 197 Å². The molecule has 0 amide bonds. The van der Waals surface area contributed by atoms with Crippen molar-refractivity contribution in [3.8, 4) is 56.7 Å². The fourth-order valence-electron chi connectivity index (χ4n) is 9.83. The van der Waals surface area contributed by atoms with Gasteiger partial charge in [0.05, 0.1) is 27.8 Å². The second kappa shape index (κ2) is 14.5. The van der Waals surface area contributed by atoms with Crippen molar-refractivity contribution in [2.75, 3.05) is 0 Å². The van der Waals surface area contributed by atoms with Gasteiger partial charge in [-0.1, -0.05) is 182 Å². The number of fused-ring (bicyclic) bond motifs is 9. The van der Waals surface area contributed by atoms with Crippen LogP contribution in [0.4, 0.5) is 0 Å². The molecule has 0 unspecified atom stereocenters. The summed E-state index contributed by atoms with van der Waals surface area (Å²) in [6.07, 6.45) is 0. The molecule has 64 heavy (non-hydrogen) atoms. The first-order chi connectivity index (χ1) is 31.7. The van der Waals surface area contributed by atoms with Gasteiger partial charge in [-0.25, -0.2) is 15.0 Å². The zero-order valence-corrected chi connectivity index (χ0v) is 34.6. The maximum atomic E-state index is 5.15. The molecule has 0 aliphatic rings. The highest BCUT2D eigenvalue weighted by atomic mass is 15.0. The van der Waals surface area contributed by atoms with Crippen LogP contribution < -0.4 is 0 Å². The second-order valence-electron chi connectivity index (χ2n) is 16.4. The zero-order chi connectivity index (χ0) is 42.1. The van der Waals surface area contributed by atoms with Crippen molar-refractivity contribution in [3.63, 3.8) is 0 Å². The van der Waals surface area contributed by atoms with Crippen molar-refractivity contribution >= 4 is 65.2 Å². The molecule has 13 rings (SSSR count). The van der Waals surface area contributed by atoms with Crippen LogP contribution in [0, 0.1) is 0 Å². The number of aromatic nitrogens is 5. The van der Waals surface area contributed by atoms with Gasteiger partial charge in [0, 0.05) is 49.3 Å². The van der Waals surface area contributed by atoms with Crippen LogP contribution in [0.5, 0.6) is 0 Å². The third-order valence-electron chi connectivity index (χ3n) is 12.8. The molecule has 0 radical (unpaired) electrons. The SMILES string of the molecule is c1ccc(-c2ccc(-n3c4cc5c(cc4c4c6ccccc6ccc43)c3ccccc3n5-c3cccc4c(-c5nc(-c6ccccc6)nc(-c6ccccc6)n5)cccc34)cc2)cc1. The normalized spacial score (nSPS) is 11.8. The zero-order valence-electron chi connectivity index (χ0n) is 34.6. The molecule has 0 bridgehead atoms. The van der Waals surface area contributed by atoms with Crippen molar-refractivity contribution in [3.05, 3.63) is 224 Å². The number of para-hydroxylation sites is 1. The van der Waals surface area contributed by atoms with Gasteiger partial charge in [-0.05, 0) is 69.8 Å². The highest BCUT2D eigenvalue weighted by molar-refractivity contribution is 6.25. The average molecular weight is 816 g/mol. The molecule has 3 aromatic heterocycles. The lowest BCUT2D eigenvalue weighted by Gasteiger charge is -2.15. The van der Waals surface area contributed by atoms with Crippen molar-refractivity contribution < 1.29 is 0 Å². The van der Waals surface area contributed by atoms with Crippen LogP contribution in [0.3, 0.4) is 0 Å². The van der Waals surface area contributed by atoms with Crippen molar-refractivity contribution in [2.45, 2.75) is 0 Å². The van der Waals surface area contributed by atoms with E-state index in [1.165, 1.54) is 49.0 Å². The van der Waals surface area contributed by atoms with Gasteiger partial charge < -0.3 is 9.13 Å². The number of benzene rings is 10. The standard InChI is InChI=1S/C59H37N5/c1-4-16-38(17-5-1)39-30-33-43(34-31-39)63-53-35-32-40-18-10-11-23-44(40)56(53)50-36-49-47-24-12-13-28-51(47)64(54(49)37-55(50)63)52-29-15-25-45-46(52)26-14-27-48(45)59-61-57(41-19-6-2-7-20-41)60-58(62-59)42-21-8-3-9-22-42/h1-37H. The number of rotatable bonds is 6. The summed E-state index contributed by atoms with van der Waals surface area (Å²) in [4.78, 5) is 15.3. The van der Waals surface area contributed by atoms with Crippen LogP contribution in [-0.4, -0.2) is 24.1 Å². The summed E-state index contributed by atoms with van der Waals surface area (Å²) in [6.45, 7) is 0. The molecule has 0 fully saturated rings. The number of hydrogen-bond donors (Lipinski definition) is 0. The van der Waals surface area contributed by atoms with E-state index in [0.29, 0.717) is 17.5 Å². The van der Waals surface area contributed by atoms with E-state index >= 15 is 0 Å². The lowest BCUT2D eigenvalue weighted by molar-refractivity contribution is 1.08. The number of hydrogen-bond acceptors (Lipinski definition) is 3. The second-order valence-corrected chi connectivity index (χ2v) is 16.4. The molecule has 0 saturated heterocycles. The maximum absolute atomic E-state index is 5.15. The molecule has 0 saturated carbocycles. The summed E-state index contributed by atoms with van der Waals surface area (Å²) in [5, 5.41) is 9.55. The van der Waals surface area contributed by atoms with Gasteiger partial charge in [-0.2, -0.15) is 0 Å². The minimum atomic E-state index is 0.634. The molecule has 0 atom stereocenters. The molecule has 5 heteroatoms. The maximum Gasteiger partial charge on any atom is 0.164 e. The van der Waals surface area contributed by atoms with Gasteiger partial charge in [0.1, 0.15) is 0 Å². The van der Waals surface area contributed by atoms with E-state index in [-0.39, 0.29) is 0 Å². The van der Waals surface area contributed by atoms with Gasteiger partial charge in [-0.3, -0.25) is 0 Å². The lowest BCUT2D eigenvalue weighted by atomic mass is 10.0. The molecule has 0 N–H and O–H groups in total. The van der Waals surface area contributed by atoms with Gasteiger partial charge in [0.2, 0.25) is 0 Å². The molecule has 13 aromatic rings. The Hall–Kier alpha value is -8.67. The summed E-state index contributed by atoms with van der Waals surface area (Å²) in [5.74, 6) is 1.92. The third-order valence-corrected chi connectivity index (χ3v) is 12.8. The van der Waals surface area contributed by atoms with Gasteiger partial charge in [0.25, 0.3) is 0 Å². The number of nitrogens with zero attached hydrogens (tertiary/aromatic N) is 5. The Morgan fingerprint density at radius 1 is 0.281 bits per heavy atom. The fraction of sp³-hybridized carbons (Fsp3) is 0. The van der Waals surface area contributed by atoms with Gasteiger partial charge in [-0.15, -0.1) is 0 Å². The molecule has 0 aliphatic heterocycles. The fourth-order valence-corrected chi connectivity index (χ4v) is 9.83. The summed E-state index contributed by atoms with van der Waals surface area (Å²) >= 11 is 0. The van der Waals surface area contributed by atoms with Crippen molar-refractivity contribution in [2.24, 2.45) is 0 Å². The predicted octanol–water partition coefficient (Wildman–Crippen LogP) is 15.0. The summed E-state index contributed by atoms with van der Waals surface area (Å²) in [6, 6.07) is 80.0. The molecule has 0 aliphatic carbocycles. The summed E-state index contributed by atoms with van der Waals surface area (Å²) < 4.78 is 4.90. The predicted molar refractivity (Wildman–Crippen MR) is 265 cm³/mol. The first kappa shape index (κ1) is 36.0. The monoisotopic (exact) mass is 815 g/mol. The van der Waals surface area contributed by atoms with Crippen LogP contribution in [-0.2, 0) is 0 Å². The van der Waals surface area contributed by atoms with Crippen LogP contribution in [0.1, 0.15) is 0 Å². The van der Waals surface area contributed by atoms with Crippen LogP contribution in [0.2, 0.25) is 0 Å². The highest BCUT2D eigenvalue weighted by Gasteiger charge is 2.22. The molecule has 0 spiro atoms. The molecular weight excluding hydrogens is 779 g/mol. The third kappa shape index (κ3) is 5.68. The largest absolute Gasteiger partial charge is 0.309 e. The lowest BCUT2D eigenvalue weighted by Crippen LogP contribution is -2.01. The Morgan fingerprint density at radius 2 is 0.844 bits per heavy atom. The summed E-state index contributed by atoms with van der Waals surface area (Å²) in [5.41, 5.74) is 12.1. The quantitative estimate of drug-likeness (QED) is 0.168. The van der Waals surface area contributed by atoms with Crippen molar-refractivity contribution in [1.82, 2.24) is 24.1 Å². The van der Waals surface area contributed by atoms with Gasteiger partial charge in [0.15, 0.2) is 17.5 Å². The molecule has 3 heterocycles. The molecular formula is C59H37N5. The van der Waals surface area contributed by atoms with Crippen LogP contribution >= 0.6 is 0 Å². The van der Waals surface area contributed by atoms with E-state index in [4.69, 9.17) is 15.0 Å². The smallest absolute Gasteiger partial charge is 0.164 e. The van der Waals surface area contributed by atoms with Gasteiger partial charge >= 0.3 is 0 Å². The Balaban J connectivity index is 1.07. The molecule has 5 nitrogen and oxygen atoms in total. The van der Waals surface area contributed by atoms with Crippen molar-refractivity contribution in [1.29, 1.82) is 0 Å². The van der Waals surface area contributed by atoms with Crippen LogP contribution in [0.15, 0.2) is 224 Å².